The minimum atomic E-state index is -4.14. The van der Waals surface area contributed by atoms with Crippen molar-refractivity contribution in [3.8, 4) is 0 Å². The van der Waals surface area contributed by atoms with Crippen LogP contribution in [-0.2, 0) is 26.2 Å². The van der Waals surface area contributed by atoms with Gasteiger partial charge in [-0.2, -0.15) is 0 Å². The minimum Gasteiger partial charge on any atom is -0.352 e. The molecule has 7 nitrogen and oxygen atoms in total. The van der Waals surface area contributed by atoms with Gasteiger partial charge in [0, 0.05) is 22.6 Å². The number of hydrogen-bond acceptors (Lipinski definition) is 4. The molecule has 10 heteroatoms. The average Bonchev–Trinajstić information content (AvgIpc) is 2.87. The fourth-order valence-corrected chi connectivity index (χ4v) is 5.94. The molecule has 0 saturated carbocycles. The molecule has 0 aliphatic carbocycles. The molecular formula is C30H35Cl2N3O4S. The smallest absolute Gasteiger partial charge is 0.264 e. The molecule has 0 aliphatic rings. The molecule has 1 N–H and O–H groups in total. The predicted molar refractivity (Wildman–Crippen MR) is 161 cm³/mol. The second kappa shape index (κ2) is 13.1. The number of anilines is 1. The zero-order valence-corrected chi connectivity index (χ0v) is 25.9. The van der Waals surface area contributed by atoms with Gasteiger partial charge in [0.25, 0.3) is 10.0 Å². The van der Waals surface area contributed by atoms with E-state index >= 15 is 0 Å². The van der Waals surface area contributed by atoms with Gasteiger partial charge in [-0.3, -0.25) is 13.9 Å². The summed E-state index contributed by atoms with van der Waals surface area (Å²) in [5, 5.41) is 3.59. The van der Waals surface area contributed by atoms with E-state index in [1.54, 1.807) is 49.4 Å². The zero-order chi connectivity index (χ0) is 29.8. The van der Waals surface area contributed by atoms with Crippen LogP contribution < -0.4 is 9.62 Å². The summed E-state index contributed by atoms with van der Waals surface area (Å²) in [6, 6.07) is 15.5. The zero-order valence-electron chi connectivity index (χ0n) is 23.5. The van der Waals surface area contributed by atoms with E-state index in [1.807, 2.05) is 40.7 Å². The van der Waals surface area contributed by atoms with E-state index in [0.717, 1.165) is 21.0 Å². The molecule has 1 atom stereocenters. The van der Waals surface area contributed by atoms with E-state index < -0.39 is 28.5 Å². The number of rotatable bonds is 10. The Balaban J connectivity index is 2.08. The van der Waals surface area contributed by atoms with Crippen LogP contribution in [0, 0.1) is 20.8 Å². The third-order valence-corrected chi connectivity index (χ3v) is 9.00. The molecule has 2 amide bonds. The van der Waals surface area contributed by atoms with Crippen molar-refractivity contribution in [2.24, 2.45) is 0 Å². The van der Waals surface area contributed by atoms with Crippen LogP contribution in [0.2, 0.25) is 10.0 Å². The van der Waals surface area contributed by atoms with E-state index in [4.69, 9.17) is 23.2 Å². The van der Waals surface area contributed by atoms with Crippen molar-refractivity contribution in [2.45, 2.75) is 65.1 Å². The molecule has 0 fully saturated rings. The summed E-state index contributed by atoms with van der Waals surface area (Å²) in [5.74, 6) is -0.932. The van der Waals surface area contributed by atoms with Crippen molar-refractivity contribution in [2.75, 3.05) is 10.8 Å². The molecule has 40 heavy (non-hydrogen) atoms. The van der Waals surface area contributed by atoms with Crippen LogP contribution in [0.5, 0.6) is 0 Å². The van der Waals surface area contributed by atoms with Crippen molar-refractivity contribution < 1.29 is 18.0 Å². The Morgan fingerprint density at radius 3 is 2.10 bits per heavy atom. The number of nitrogens with one attached hydrogen (secondary N) is 1. The Kier molecular flexibility index (Phi) is 10.3. The van der Waals surface area contributed by atoms with E-state index in [1.165, 1.54) is 17.0 Å². The summed E-state index contributed by atoms with van der Waals surface area (Å²) >= 11 is 12.5. The molecule has 0 spiro atoms. The van der Waals surface area contributed by atoms with Crippen LogP contribution in [0.4, 0.5) is 5.69 Å². The van der Waals surface area contributed by atoms with Crippen LogP contribution >= 0.6 is 23.2 Å². The Morgan fingerprint density at radius 2 is 1.52 bits per heavy atom. The topological polar surface area (TPSA) is 86.8 Å². The lowest BCUT2D eigenvalue weighted by Crippen LogP contribution is -2.52. The Labute approximate surface area is 247 Å². The van der Waals surface area contributed by atoms with E-state index in [9.17, 15) is 18.0 Å². The maximum Gasteiger partial charge on any atom is 0.264 e. The first kappa shape index (κ1) is 31.5. The molecule has 0 saturated heterocycles. The average molecular weight is 605 g/mol. The number of hydrogen-bond donors (Lipinski definition) is 1. The van der Waals surface area contributed by atoms with Gasteiger partial charge in [-0.15, -0.1) is 0 Å². The van der Waals surface area contributed by atoms with Gasteiger partial charge in [-0.1, -0.05) is 53.0 Å². The van der Waals surface area contributed by atoms with Gasteiger partial charge in [0.2, 0.25) is 11.8 Å². The normalized spacial score (nSPS) is 12.2. The van der Waals surface area contributed by atoms with Crippen molar-refractivity contribution in [1.82, 2.24) is 10.2 Å². The highest BCUT2D eigenvalue weighted by atomic mass is 35.5. The number of carbonyl (C=O) groups is 2. The van der Waals surface area contributed by atoms with E-state index in [2.05, 4.69) is 5.32 Å². The number of carbonyl (C=O) groups excluding carboxylic acids is 2. The highest BCUT2D eigenvalue weighted by molar-refractivity contribution is 7.92. The summed E-state index contributed by atoms with van der Waals surface area (Å²) < 4.78 is 29.0. The molecule has 3 aromatic rings. The molecular weight excluding hydrogens is 569 g/mol. The fraction of sp³-hybridized carbons (Fsp3) is 0.333. The maximum absolute atomic E-state index is 14.0. The van der Waals surface area contributed by atoms with Crippen LogP contribution in [0.1, 0.15) is 43.0 Å². The third-order valence-electron chi connectivity index (χ3n) is 6.62. The second-order valence-corrected chi connectivity index (χ2v) is 12.9. The number of benzene rings is 3. The lowest BCUT2D eigenvalue weighted by atomic mass is 10.1. The van der Waals surface area contributed by atoms with Crippen molar-refractivity contribution in [3.05, 3.63) is 93.0 Å². The molecule has 3 rings (SSSR count). The van der Waals surface area contributed by atoms with Crippen LogP contribution in [0.3, 0.4) is 0 Å². The summed E-state index contributed by atoms with van der Waals surface area (Å²) in [7, 11) is -4.14. The number of amides is 2. The predicted octanol–water partition coefficient (Wildman–Crippen LogP) is 6.06. The van der Waals surface area contributed by atoms with Gasteiger partial charge >= 0.3 is 0 Å². The Morgan fingerprint density at radius 1 is 0.875 bits per heavy atom. The number of halogens is 2. The summed E-state index contributed by atoms with van der Waals surface area (Å²) in [6.45, 7) is 10.4. The molecule has 0 unspecified atom stereocenters. The Bertz CT molecular complexity index is 1490. The summed E-state index contributed by atoms with van der Waals surface area (Å²) in [4.78, 5) is 28.4. The first-order valence-electron chi connectivity index (χ1n) is 12.9. The second-order valence-electron chi connectivity index (χ2n) is 10.2. The maximum atomic E-state index is 14.0. The monoisotopic (exact) mass is 603 g/mol. The molecule has 0 aliphatic heterocycles. The molecule has 0 bridgehead atoms. The molecule has 0 radical (unpaired) electrons. The summed E-state index contributed by atoms with van der Waals surface area (Å²) in [6.07, 6.45) is 0. The number of nitrogens with zero attached hydrogens (tertiary/aromatic N) is 2. The molecule has 3 aromatic carbocycles. The first-order valence-corrected chi connectivity index (χ1v) is 15.1. The van der Waals surface area contributed by atoms with Crippen molar-refractivity contribution >= 4 is 50.7 Å². The number of sulfonamides is 1. The lowest BCUT2D eigenvalue weighted by Gasteiger charge is -2.32. The summed E-state index contributed by atoms with van der Waals surface area (Å²) in [5.41, 5.74) is 3.69. The fourth-order valence-electron chi connectivity index (χ4n) is 4.07. The molecule has 214 valence electrons. The van der Waals surface area contributed by atoms with E-state index in [-0.39, 0.29) is 23.4 Å². The highest BCUT2D eigenvalue weighted by Gasteiger charge is 2.33. The van der Waals surface area contributed by atoms with Gasteiger partial charge in [-0.25, -0.2) is 8.42 Å². The van der Waals surface area contributed by atoms with Crippen LogP contribution in [0.15, 0.2) is 65.6 Å². The van der Waals surface area contributed by atoms with Crippen molar-refractivity contribution in [3.63, 3.8) is 0 Å². The van der Waals surface area contributed by atoms with E-state index in [0.29, 0.717) is 21.3 Å². The number of aryl methyl sites for hydroxylation is 3. The van der Waals surface area contributed by atoms with Crippen LogP contribution in [0.25, 0.3) is 0 Å². The SMILES string of the molecule is Cc1ccc(S(=O)(=O)N(CC(=O)N(Cc2ccc(Cl)cc2Cl)[C@H](C)C(=O)NC(C)C)c2ccc(C)c(C)c2)cc1. The van der Waals surface area contributed by atoms with Gasteiger partial charge in [0.1, 0.15) is 12.6 Å². The standard InChI is InChI=1S/C30H35Cl2N3O4S/c1-19(2)33-30(37)23(6)34(17-24-10-11-25(31)16-28(24)32)29(36)18-35(26-12-9-21(4)22(5)15-26)40(38,39)27-13-7-20(3)8-14-27/h7-16,19,23H,17-18H2,1-6H3,(H,33,37)/t23-/m1/s1. The molecule has 0 heterocycles. The van der Waals surface area contributed by atoms with Gasteiger partial charge < -0.3 is 10.2 Å². The quantitative estimate of drug-likeness (QED) is 0.305. The van der Waals surface area contributed by atoms with Crippen LogP contribution in [-0.4, -0.2) is 43.8 Å². The third kappa shape index (κ3) is 7.56. The molecule has 0 aromatic heterocycles. The van der Waals surface area contributed by atoms with Gasteiger partial charge in [0.15, 0.2) is 0 Å². The first-order chi connectivity index (χ1) is 18.7. The van der Waals surface area contributed by atoms with Gasteiger partial charge in [-0.05, 0) is 94.6 Å². The lowest BCUT2D eigenvalue weighted by molar-refractivity contribution is -0.139. The highest BCUT2D eigenvalue weighted by Crippen LogP contribution is 2.28. The van der Waals surface area contributed by atoms with Crippen molar-refractivity contribution in [1.29, 1.82) is 0 Å². The minimum absolute atomic E-state index is 0.0210. The van der Waals surface area contributed by atoms with Gasteiger partial charge in [0.05, 0.1) is 10.6 Å². The largest absolute Gasteiger partial charge is 0.352 e. The Hall–Kier alpha value is -3.07.